The van der Waals surface area contributed by atoms with Crippen molar-refractivity contribution in [3.05, 3.63) is 57.2 Å². The van der Waals surface area contributed by atoms with Gasteiger partial charge in [-0.2, -0.15) is 0 Å². The number of carboxylic acids is 1. The van der Waals surface area contributed by atoms with Gasteiger partial charge >= 0.3 is 5.97 Å². The molecule has 0 amide bonds. The van der Waals surface area contributed by atoms with Gasteiger partial charge in [-0.3, -0.25) is 4.79 Å². The van der Waals surface area contributed by atoms with Gasteiger partial charge in [-0.05, 0) is 55.2 Å². The number of carbonyl (C=O) groups is 1. The van der Waals surface area contributed by atoms with E-state index in [-0.39, 0.29) is 11.0 Å². The SMILES string of the molecule is CCCCc1cc(C)c2oc3ccc(C(=O)O)cc3c(=O)c2c1. The highest BCUT2D eigenvalue weighted by Gasteiger charge is 2.13. The molecular weight excluding hydrogens is 292 g/mol. The maximum absolute atomic E-state index is 12.8. The van der Waals surface area contributed by atoms with Crippen LogP contribution in [0.25, 0.3) is 21.9 Å². The Hall–Kier alpha value is -2.62. The number of benzene rings is 2. The van der Waals surface area contributed by atoms with Crippen molar-refractivity contribution < 1.29 is 14.3 Å². The minimum Gasteiger partial charge on any atom is -0.478 e. The summed E-state index contributed by atoms with van der Waals surface area (Å²) >= 11 is 0. The van der Waals surface area contributed by atoms with Crippen LogP contribution in [-0.2, 0) is 6.42 Å². The van der Waals surface area contributed by atoms with E-state index >= 15 is 0 Å². The van der Waals surface area contributed by atoms with Crippen LogP contribution in [0.2, 0.25) is 0 Å². The molecule has 0 bridgehead atoms. The van der Waals surface area contributed by atoms with Crippen molar-refractivity contribution in [2.24, 2.45) is 0 Å². The molecule has 0 unspecified atom stereocenters. The van der Waals surface area contributed by atoms with Gasteiger partial charge in [0, 0.05) is 0 Å². The minimum absolute atomic E-state index is 0.0861. The molecule has 0 saturated carbocycles. The lowest BCUT2D eigenvalue weighted by molar-refractivity contribution is 0.0697. The molecule has 2 aromatic carbocycles. The Labute approximate surface area is 133 Å². The van der Waals surface area contributed by atoms with Gasteiger partial charge in [0.25, 0.3) is 0 Å². The Morgan fingerprint density at radius 1 is 1.17 bits per heavy atom. The van der Waals surface area contributed by atoms with Crippen LogP contribution >= 0.6 is 0 Å². The van der Waals surface area contributed by atoms with Crippen molar-refractivity contribution in [3.63, 3.8) is 0 Å². The molecule has 0 aliphatic heterocycles. The first-order valence-corrected chi connectivity index (χ1v) is 7.74. The van der Waals surface area contributed by atoms with Crippen molar-refractivity contribution in [2.75, 3.05) is 0 Å². The molecule has 0 fully saturated rings. The zero-order valence-electron chi connectivity index (χ0n) is 13.2. The van der Waals surface area contributed by atoms with E-state index in [0.29, 0.717) is 21.9 Å². The van der Waals surface area contributed by atoms with Gasteiger partial charge < -0.3 is 9.52 Å². The molecule has 0 atom stereocenters. The van der Waals surface area contributed by atoms with E-state index in [4.69, 9.17) is 9.52 Å². The maximum Gasteiger partial charge on any atom is 0.335 e. The molecule has 1 heterocycles. The molecular formula is C19H18O4. The van der Waals surface area contributed by atoms with Gasteiger partial charge in [0.05, 0.1) is 16.3 Å². The number of hydrogen-bond acceptors (Lipinski definition) is 3. The Kier molecular flexibility index (Phi) is 3.90. The molecule has 23 heavy (non-hydrogen) atoms. The standard InChI is InChI=1S/C19H18O4/c1-3-4-5-12-8-11(2)18-15(9-12)17(20)14-10-13(19(21)22)6-7-16(14)23-18/h6-10H,3-5H2,1-2H3,(H,21,22). The first kappa shape index (κ1) is 15.3. The monoisotopic (exact) mass is 310 g/mol. The lowest BCUT2D eigenvalue weighted by atomic mass is 10.0. The van der Waals surface area contributed by atoms with Crippen LogP contribution in [0.4, 0.5) is 0 Å². The molecule has 118 valence electrons. The van der Waals surface area contributed by atoms with Crippen LogP contribution in [-0.4, -0.2) is 11.1 Å². The van der Waals surface area contributed by atoms with Crippen molar-refractivity contribution >= 4 is 27.9 Å². The van der Waals surface area contributed by atoms with Gasteiger partial charge in [-0.15, -0.1) is 0 Å². The summed E-state index contributed by atoms with van der Waals surface area (Å²) in [7, 11) is 0. The molecule has 0 aliphatic carbocycles. The molecule has 4 heteroatoms. The number of unbranched alkanes of at least 4 members (excludes halogenated alkanes) is 1. The Morgan fingerprint density at radius 2 is 1.96 bits per heavy atom. The number of hydrogen-bond donors (Lipinski definition) is 1. The van der Waals surface area contributed by atoms with Gasteiger partial charge in [0.1, 0.15) is 11.2 Å². The lowest BCUT2D eigenvalue weighted by Crippen LogP contribution is -2.06. The molecule has 3 rings (SSSR count). The second-order valence-electron chi connectivity index (χ2n) is 5.84. The molecule has 3 aromatic rings. The van der Waals surface area contributed by atoms with Crippen LogP contribution in [0.1, 0.15) is 41.3 Å². The number of aryl methyl sites for hydroxylation is 2. The first-order valence-electron chi connectivity index (χ1n) is 7.74. The molecule has 4 nitrogen and oxygen atoms in total. The highest BCUT2D eigenvalue weighted by Crippen LogP contribution is 2.24. The third kappa shape index (κ3) is 2.72. The largest absolute Gasteiger partial charge is 0.478 e. The second-order valence-corrected chi connectivity index (χ2v) is 5.84. The minimum atomic E-state index is -1.06. The third-order valence-corrected chi connectivity index (χ3v) is 4.08. The molecule has 1 aromatic heterocycles. The lowest BCUT2D eigenvalue weighted by Gasteiger charge is -2.08. The van der Waals surface area contributed by atoms with E-state index in [1.165, 1.54) is 12.1 Å². The van der Waals surface area contributed by atoms with E-state index in [2.05, 4.69) is 13.0 Å². The predicted molar refractivity (Wildman–Crippen MR) is 90.3 cm³/mol. The topological polar surface area (TPSA) is 67.5 Å². The van der Waals surface area contributed by atoms with E-state index < -0.39 is 5.97 Å². The average Bonchev–Trinajstić information content (AvgIpc) is 2.53. The van der Waals surface area contributed by atoms with Crippen molar-refractivity contribution in [1.82, 2.24) is 0 Å². The molecule has 0 saturated heterocycles. The van der Waals surface area contributed by atoms with E-state index in [9.17, 15) is 9.59 Å². The van der Waals surface area contributed by atoms with Crippen LogP contribution in [0.5, 0.6) is 0 Å². The number of carboxylic acid groups (broad SMARTS) is 1. The van der Waals surface area contributed by atoms with Crippen molar-refractivity contribution in [3.8, 4) is 0 Å². The van der Waals surface area contributed by atoms with Gasteiger partial charge in [0.2, 0.25) is 5.43 Å². The van der Waals surface area contributed by atoms with E-state index in [1.807, 2.05) is 13.0 Å². The summed E-state index contributed by atoms with van der Waals surface area (Å²) in [6.45, 7) is 4.06. The summed E-state index contributed by atoms with van der Waals surface area (Å²) in [5.41, 5.74) is 2.93. The highest BCUT2D eigenvalue weighted by molar-refractivity contribution is 5.96. The number of fused-ring (bicyclic) bond motifs is 2. The second kappa shape index (κ2) is 5.88. The van der Waals surface area contributed by atoms with Crippen LogP contribution in [0.15, 0.2) is 39.5 Å². The Bertz CT molecular complexity index is 966. The van der Waals surface area contributed by atoms with Crippen LogP contribution < -0.4 is 5.43 Å². The Morgan fingerprint density at radius 3 is 2.65 bits per heavy atom. The molecule has 0 radical (unpaired) electrons. The maximum atomic E-state index is 12.8. The van der Waals surface area contributed by atoms with Crippen LogP contribution in [0, 0.1) is 6.92 Å². The zero-order chi connectivity index (χ0) is 16.6. The fourth-order valence-corrected chi connectivity index (χ4v) is 2.86. The van der Waals surface area contributed by atoms with Crippen molar-refractivity contribution in [1.29, 1.82) is 0 Å². The summed E-state index contributed by atoms with van der Waals surface area (Å²) in [4.78, 5) is 23.9. The molecule has 1 N–H and O–H groups in total. The van der Waals surface area contributed by atoms with E-state index in [1.54, 1.807) is 6.07 Å². The zero-order valence-corrected chi connectivity index (χ0v) is 13.2. The fourth-order valence-electron chi connectivity index (χ4n) is 2.86. The number of rotatable bonds is 4. The van der Waals surface area contributed by atoms with Crippen LogP contribution in [0.3, 0.4) is 0 Å². The van der Waals surface area contributed by atoms with Gasteiger partial charge in [-0.25, -0.2) is 4.79 Å². The highest BCUT2D eigenvalue weighted by atomic mass is 16.4. The summed E-state index contributed by atoms with van der Waals surface area (Å²) in [5.74, 6) is -1.06. The van der Waals surface area contributed by atoms with Gasteiger partial charge in [-0.1, -0.05) is 19.4 Å². The first-order chi connectivity index (χ1) is 11.0. The van der Waals surface area contributed by atoms with E-state index in [0.717, 1.165) is 30.4 Å². The average molecular weight is 310 g/mol. The summed E-state index contributed by atoms with van der Waals surface area (Å²) in [6.07, 6.45) is 3.07. The quantitative estimate of drug-likeness (QED) is 0.730. The molecule has 0 aliphatic rings. The smallest absolute Gasteiger partial charge is 0.335 e. The number of aromatic carboxylic acids is 1. The summed E-state index contributed by atoms with van der Waals surface area (Å²) < 4.78 is 5.86. The fraction of sp³-hybridized carbons (Fsp3) is 0.263. The summed E-state index contributed by atoms with van der Waals surface area (Å²) in [5, 5.41) is 9.93. The predicted octanol–water partition coefficient (Wildman–Crippen LogP) is 4.30. The molecule has 0 spiro atoms. The van der Waals surface area contributed by atoms with Gasteiger partial charge in [0.15, 0.2) is 0 Å². The summed E-state index contributed by atoms with van der Waals surface area (Å²) in [6, 6.07) is 8.31. The third-order valence-electron chi connectivity index (χ3n) is 4.08. The van der Waals surface area contributed by atoms with Crippen molar-refractivity contribution in [2.45, 2.75) is 33.1 Å². The normalized spacial score (nSPS) is 11.2. The Balaban J connectivity index is 2.31.